The second-order valence-corrected chi connectivity index (χ2v) is 10.2. The van der Waals surface area contributed by atoms with Crippen LogP contribution in [0, 0.1) is 11.6 Å². The predicted octanol–water partition coefficient (Wildman–Crippen LogP) is 0.458. The van der Waals surface area contributed by atoms with Gasteiger partial charge in [0.1, 0.15) is 16.5 Å². The highest BCUT2D eigenvalue weighted by Crippen LogP contribution is 2.24. The molecular weight excluding hydrogens is 362 g/mol. The van der Waals surface area contributed by atoms with Crippen LogP contribution in [0.15, 0.2) is 23.1 Å². The lowest BCUT2D eigenvalue weighted by molar-refractivity contribution is 0.148. The van der Waals surface area contributed by atoms with E-state index in [1.165, 1.54) is 0 Å². The normalized spacial score (nSPS) is 25.8. The van der Waals surface area contributed by atoms with Crippen LogP contribution in [0.4, 0.5) is 8.78 Å². The SMILES string of the molecule is O=S1(=O)CC[C@@H](N2CCN(S(=O)(=O)c3cc(F)ccc3F)CC2)C1. The molecule has 2 aliphatic rings. The minimum atomic E-state index is -4.11. The Morgan fingerprint density at radius 3 is 2.33 bits per heavy atom. The highest BCUT2D eigenvalue weighted by atomic mass is 32.2. The molecule has 0 aliphatic carbocycles. The Morgan fingerprint density at radius 2 is 1.75 bits per heavy atom. The number of sulfonamides is 1. The molecule has 6 nitrogen and oxygen atoms in total. The van der Waals surface area contributed by atoms with Crippen molar-refractivity contribution in [3.8, 4) is 0 Å². The average molecular weight is 380 g/mol. The van der Waals surface area contributed by atoms with Crippen LogP contribution in [0.1, 0.15) is 6.42 Å². The van der Waals surface area contributed by atoms with Gasteiger partial charge >= 0.3 is 0 Å². The summed E-state index contributed by atoms with van der Waals surface area (Å²) in [5.74, 6) is -1.55. The van der Waals surface area contributed by atoms with Crippen LogP contribution in [-0.2, 0) is 19.9 Å². The maximum atomic E-state index is 13.8. The summed E-state index contributed by atoms with van der Waals surface area (Å²) in [5, 5.41) is 0. The van der Waals surface area contributed by atoms with Crippen molar-refractivity contribution in [1.82, 2.24) is 9.21 Å². The monoisotopic (exact) mass is 380 g/mol. The Hall–Kier alpha value is -1.10. The molecule has 2 fully saturated rings. The van der Waals surface area contributed by atoms with Gasteiger partial charge in [0.15, 0.2) is 9.84 Å². The van der Waals surface area contributed by atoms with E-state index in [2.05, 4.69) is 0 Å². The summed E-state index contributed by atoms with van der Waals surface area (Å²) in [5.41, 5.74) is 0. The van der Waals surface area contributed by atoms with Gasteiger partial charge in [0.2, 0.25) is 10.0 Å². The zero-order valence-electron chi connectivity index (χ0n) is 12.9. The van der Waals surface area contributed by atoms with Gasteiger partial charge in [-0.3, -0.25) is 4.90 Å². The highest BCUT2D eigenvalue weighted by molar-refractivity contribution is 7.91. The quantitative estimate of drug-likeness (QED) is 0.762. The summed E-state index contributed by atoms with van der Waals surface area (Å²) in [7, 11) is -7.12. The molecule has 0 amide bonds. The van der Waals surface area contributed by atoms with E-state index in [0.29, 0.717) is 25.6 Å². The van der Waals surface area contributed by atoms with E-state index in [9.17, 15) is 25.6 Å². The van der Waals surface area contributed by atoms with E-state index in [-0.39, 0.29) is 30.6 Å². The lowest BCUT2D eigenvalue weighted by Gasteiger charge is -2.36. The molecule has 24 heavy (non-hydrogen) atoms. The fourth-order valence-electron chi connectivity index (χ4n) is 3.19. The van der Waals surface area contributed by atoms with E-state index in [0.717, 1.165) is 16.4 Å². The number of halogens is 2. The van der Waals surface area contributed by atoms with Crippen LogP contribution >= 0.6 is 0 Å². The summed E-state index contributed by atoms with van der Waals surface area (Å²) in [6.07, 6.45) is 0.549. The zero-order valence-corrected chi connectivity index (χ0v) is 14.5. The van der Waals surface area contributed by atoms with Gasteiger partial charge in [0.05, 0.1) is 11.5 Å². The third-order valence-electron chi connectivity index (χ3n) is 4.51. The molecular formula is C14H18F2N2O4S2. The van der Waals surface area contributed by atoms with Crippen LogP contribution in [-0.4, -0.2) is 69.8 Å². The molecule has 2 heterocycles. The van der Waals surface area contributed by atoms with E-state index in [1.54, 1.807) is 0 Å². The largest absolute Gasteiger partial charge is 0.297 e. The van der Waals surface area contributed by atoms with Crippen LogP contribution in [0.25, 0.3) is 0 Å². The Labute approximate surface area is 140 Å². The molecule has 10 heteroatoms. The second kappa shape index (κ2) is 6.32. The Balaban J connectivity index is 1.71. The van der Waals surface area contributed by atoms with Crippen molar-refractivity contribution in [2.24, 2.45) is 0 Å². The molecule has 1 aromatic carbocycles. The standard InChI is InChI=1S/C14H18F2N2O4S2/c15-11-1-2-13(16)14(9-11)24(21,22)18-6-4-17(5-7-18)12-3-8-23(19,20)10-12/h1-2,9,12H,3-8,10H2/t12-/m1/s1. The zero-order chi connectivity index (χ0) is 17.5. The molecule has 2 saturated heterocycles. The van der Waals surface area contributed by atoms with Crippen molar-refractivity contribution in [1.29, 1.82) is 0 Å². The van der Waals surface area contributed by atoms with Crippen LogP contribution in [0.3, 0.4) is 0 Å². The van der Waals surface area contributed by atoms with Gasteiger partial charge in [0, 0.05) is 32.2 Å². The fraction of sp³-hybridized carbons (Fsp3) is 0.571. The van der Waals surface area contributed by atoms with Gasteiger partial charge in [-0.05, 0) is 24.6 Å². The molecule has 0 unspecified atom stereocenters. The van der Waals surface area contributed by atoms with Gasteiger partial charge in [-0.2, -0.15) is 4.31 Å². The van der Waals surface area contributed by atoms with Gasteiger partial charge in [0.25, 0.3) is 0 Å². The first-order valence-corrected chi connectivity index (χ1v) is 10.8. The van der Waals surface area contributed by atoms with Gasteiger partial charge in [-0.15, -0.1) is 0 Å². The molecule has 2 aliphatic heterocycles. The Kier molecular flexibility index (Phi) is 4.67. The average Bonchev–Trinajstić information content (AvgIpc) is 2.90. The molecule has 0 saturated carbocycles. The molecule has 0 bridgehead atoms. The molecule has 0 spiro atoms. The smallest absolute Gasteiger partial charge is 0.246 e. The lowest BCUT2D eigenvalue weighted by atomic mass is 10.2. The number of benzene rings is 1. The van der Waals surface area contributed by atoms with E-state index in [1.807, 2.05) is 4.90 Å². The van der Waals surface area contributed by atoms with Crippen LogP contribution in [0.5, 0.6) is 0 Å². The summed E-state index contributed by atoms with van der Waals surface area (Å²) in [6, 6.07) is 2.25. The number of hydrogen-bond donors (Lipinski definition) is 0. The summed E-state index contributed by atoms with van der Waals surface area (Å²) >= 11 is 0. The van der Waals surface area contributed by atoms with Gasteiger partial charge in [-0.25, -0.2) is 25.6 Å². The molecule has 0 N–H and O–H groups in total. The molecule has 1 aromatic rings. The Bertz CT molecular complexity index is 834. The van der Waals surface area contributed by atoms with Crippen LogP contribution in [0.2, 0.25) is 0 Å². The minimum absolute atomic E-state index is 0.0919. The maximum Gasteiger partial charge on any atom is 0.246 e. The number of rotatable bonds is 3. The molecule has 0 radical (unpaired) electrons. The summed E-state index contributed by atoms with van der Waals surface area (Å²) < 4.78 is 76.3. The third-order valence-corrected chi connectivity index (χ3v) is 8.17. The molecule has 134 valence electrons. The number of nitrogens with zero attached hydrogens (tertiary/aromatic N) is 2. The second-order valence-electron chi connectivity index (χ2n) is 6.07. The van der Waals surface area contributed by atoms with E-state index >= 15 is 0 Å². The molecule has 3 rings (SSSR count). The van der Waals surface area contributed by atoms with Crippen molar-refractivity contribution in [3.63, 3.8) is 0 Å². The number of sulfone groups is 1. The predicted molar refractivity (Wildman–Crippen MR) is 83.7 cm³/mol. The molecule has 0 aromatic heterocycles. The highest BCUT2D eigenvalue weighted by Gasteiger charge is 2.36. The van der Waals surface area contributed by atoms with Crippen LogP contribution < -0.4 is 0 Å². The van der Waals surface area contributed by atoms with Crippen molar-refractivity contribution < 1.29 is 25.6 Å². The maximum absolute atomic E-state index is 13.8. The topological polar surface area (TPSA) is 74.8 Å². The van der Waals surface area contributed by atoms with Crippen molar-refractivity contribution in [3.05, 3.63) is 29.8 Å². The molecule has 1 atom stereocenters. The van der Waals surface area contributed by atoms with Crippen molar-refractivity contribution >= 4 is 19.9 Å². The van der Waals surface area contributed by atoms with Crippen molar-refractivity contribution in [2.45, 2.75) is 17.4 Å². The first-order valence-electron chi connectivity index (χ1n) is 7.59. The van der Waals surface area contributed by atoms with E-state index in [4.69, 9.17) is 0 Å². The van der Waals surface area contributed by atoms with Gasteiger partial charge in [-0.1, -0.05) is 0 Å². The Morgan fingerprint density at radius 1 is 1.08 bits per heavy atom. The minimum Gasteiger partial charge on any atom is -0.297 e. The first kappa shape index (κ1) is 17.7. The van der Waals surface area contributed by atoms with Crippen molar-refractivity contribution in [2.75, 3.05) is 37.7 Å². The summed E-state index contributed by atoms with van der Waals surface area (Å²) in [4.78, 5) is 1.29. The fourth-order valence-corrected chi connectivity index (χ4v) is 6.45. The summed E-state index contributed by atoms with van der Waals surface area (Å²) in [6.45, 7) is 0.983. The number of piperazine rings is 1. The van der Waals surface area contributed by atoms with E-state index < -0.39 is 36.4 Å². The van der Waals surface area contributed by atoms with Gasteiger partial charge < -0.3 is 0 Å². The first-order chi connectivity index (χ1) is 11.2. The number of hydrogen-bond acceptors (Lipinski definition) is 5. The third kappa shape index (κ3) is 3.46. The lowest BCUT2D eigenvalue weighted by Crippen LogP contribution is -2.52.